The first-order chi connectivity index (χ1) is 8.26. The maximum Gasteiger partial charge on any atom is 0.410 e. The van der Waals surface area contributed by atoms with Crippen molar-refractivity contribution in [2.24, 2.45) is 5.73 Å². The Morgan fingerprint density at radius 3 is 2.11 bits per heavy atom. The van der Waals surface area contributed by atoms with Crippen LogP contribution in [0.1, 0.15) is 47.5 Å². The Morgan fingerprint density at radius 1 is 1.33 bits per heavy atom. The van der Waals surface area contributed by atoms with Crippen LogP contribution in [0.5, 0.6) is 0 Å². The van der Waals surface area contributed by atoms with Gasteiger partial charge in [-0.1, -0.05) is 13.8 Å². The minimum Gasteiger partial charge on any atom is -0.444 e. The first-order valence-corrected chi connectivity index (χ1v) is 6.63. The monoisotopic (exact) mass is 260 g/mol. The average molecular weight is 260 g/mol. The molecule has 5 nitrogen and oxygen atoms in total. The zero-order chi connectivity index (χ0) is 14.4. The normalized spacial score (nSPS) is 18.7. The summed E-state index contributed by atoms with van der Waals surface area (Å²) < 4.78 is 5.26. The van der Waals surface area contributed by atoms with Crippen molar-refractivity contribution in [2.45, 2.75) is 58.6 Å². The molecule has 3 N–H and O–H groups in total. The van der Waals surface area contributed by atoms with Crippen LogP contribution < -0.4 is 5.73 Å². The molecule has 0 aliphatic carbocycles. The van der Waals surface area contributed by atoms with Gasteiger partial charge < -0.3 is 20.5 Å². The van der Waals surface area contributed by atoms with E-state index in [9.17, 15) is 4.79 Å². The van der Waals surface area contributed by atoms with Gasteiger partial charge in [0.1, 0.15) is 5.60 Å². The van der Waals surface area contributed by atoms with Crippen molar-refractivity contribution in [2.75, 3.05) is 19.7 Å². The zero-order valence-corrected chi connectivity index (χ0v) is 12.3. The number of amides is 1. The molecule has 1 rings (SSSR count). The van der Waals surface area contributed by atoms with E-state index in [2.05, 4.69) is 0 Å². The van der Waals surface area contributed by atoms with Crippen LogP contribution in [0.25, 0.3) is 0 Å². The summed E-state index contributed by atoms with van der Waals surface area (Å²) in [5.41, 5.74) is 4.92. The molecule has 1 saturated heterocycles. The highest BCUT2D eigenvalue weighted by molar-refractivity contribution is 5.68. The van der Waals surface area contributed by atoms with Crippen LogP contribution in [-0.2, 0) is 4.74 Å². The molecule has 1 amide bonds. The van der Waals surface area contributed by atoms with Crippen LogP contribution in [0.2, 0.25) is 0 Å². The number of hydrogen-bond acceptors (Lipinski definition) is 4. The maximum absolute atomic E-state index is 11.7. The summed E-state index contributed by atoms with van der Waals surface area (Å²) in [6, 6.07) is 0. The smallest absolute Gasteiger partial charge is 0.410 e. The van der Waals surface area contributed by atoms with Crippen molar-refractivity contribution < 1.29 is 14.6 Å². The van der Waals surface area contributed by atoms with Crippen LogP contribution in [0.3, 0.4) is 0 Å². The standard InChI is InChI=1S/C11H22N2O3.C2H6/c1-10(2,3)16-9(15)13-6-4-11(12,8-14)5-7-13;1-2/h14H,4-8,12H2,1-3H3;1-2H3. The molecule has 0 radical (unpaired) electrons. The van der Waals surface area contributed by atoms with Crippen LogP contribution in [0.15, 0.2) is 0 Å². The molecular formula is C13H28N2O3. The van der Waals surface area contributed by atoms with Gasteiger partial charge in [-0.25, -0.2) is 4.79 Å². The number of hydrogen-bond donors (Lipinski definition) is 2. The van der Waals surface area contributed by atoms with Gasteiger partial charge in [0.25, 0.3) is 0 Å². The number of carbonyl (C=O) groups is 1. The van der Waals surface area contributed by atoms with E-state index in [4.69, 9.17) is 15.6 Å². The summed E-state index contributed by atoms with van der Waals surface area (Å²) in [6.07, 6.45) is 0.929. The van der Waals surface area contributed by atoms with Gasteiger partial charge in [0.15, 0.2) is 0 Å². The predicted molar refractivity (Wildman–Crippen MR) is 72.4 cm³/mol. The zero-order valence-electron chi connectivity index (χ0n) is 12.3. The first kappa shape index (κ1) is 17.2. The fraction of sp³-hybridized carbons (Fsp3) is 0.923. The number of nitrogens with two attached hydrogens (primary N) is 1. The maximum atomic E-state index is 11.7. The number of aliphatic hydroxyl groups is 1. The second-order valence-corrected chi connectivity index (χ2v) is 5.49. The van der Waals surface area contributed by atoms with Crippen LogP contribution in [0.4, 0.5) is 4.79 Å². The van der Waals surface area contributed by atoms with E-state index in [0.29, 0.717) is 25.9 Å². The van der Waals surface area contributed by atoms with Gasteiger partial charge in [0.05, 0.1) is 6.61 Å². The average Bonchev–Trinajstić information content (AvgIpc) is 2.30. The summed E-state index contributed by atoms with van der Waals surface area (Å²) >= 11 is 0. The molecule has 0 aromatic rings. The number of rotatable bonds is 1. The molecular weight excluding hydrogens is 232 g/mol. The molecule has 0 spiro atoms. The number of likely N-dealkylation sites (tertiary alicyclic amines) is 1. The summed E-state index contributed by atoms with van der Waals surface area (Å²) in [5.74, 6) is 0. The fourth-order valence-electron chi connectivity index (χ4n) is 1.62. The third-order valence-electron chi connectivity index (χ3n) is 2.73. The molecule has 1 heterocycles. The molecule has 1 aliphatic heterocycles. The highest BCUT2D eigenvalue weighted by Crippen LogP contribution is 2.20. The van der Waals surface area contributed by atoms with E-state index in [1.54, 1.807) is 4.90 Å². The van der Waals surface area contributed by atoms with Gasteiger partial charge in [-0.05, 0) is 33.6 Å². The SMILES string of the molecule is CC.CC(C)(C)OC(=O)N1CCC(N)(CO)CC1. The van der Waals surface area contributed by atoms with E-state index in [-0.39, 0.29) is 12.7 Å². The Hall–Kier alpha value is -0.810. The van der Waals surface area contributed by atoms with E-state index in [0.717, 1.165) is 0 Å². The summed E-state index contributed by atoms with van der Waals surface area (Å²) in [5, 5.41) is 9.10. The van der Waals surface area contributed by atoms with Crippen molar-refractivity contribution in [3.8, 4) is 0 Å². The summed E-state index contributed by atoms with van der Waals surface area (Å²) in [4.78, 5) is 13.4. The van der Waals surface area contributed by atoms with Gasteiger partial charge in [-0.15, -0.1) is 0 Å². The molecule has 1 aliphatic rings. The van der Waals surface area contributed by atoms with Crippen molar-refractivity contribution in [3.05, 3.63) is 0 Å². The Bertz CT molecular complexity index is 253. The van der Waals surface area contributed by atoms with Crippen molar-refractivity contribution in [1.29, 1.82) is 0 Å². The third kappa shape index (κ3) is 5.69. The molecule has 5 heteroatoms. The number of nitrogens with zero attached hydrogens (tertiary/aromatic N) is 1. The van der Waals surface area contributed by atoms with E-state index >= 15 is 0 Å². The van der Waals surface area contributed by atoms with Crippen LogP contribution >= 0.6 is 0 Å². The molecule has 0 saturated carbocycles. The molecule has 0 aromatic heterocycles. The van der Waals surface area contributed by atoms with Crippen LogP contribution in [-0.4, -0.2) is 46.9 Å². The lowest BCUT2D eigenvalue weighted by molar-refractivity contribution is 0.0132. The van der Waals surface area contributed by atoms with E-state index in [1.165, 1.54) is 0 Å². The van der Waals surface area contributed by atoms with Crippen molar-refractivity contribution >= 4 is 6.09 Å². The molecule has 0 unspecified atom stereocenters. The lowest BCUT2D eigenvalue weighted by Crippen LogP contribution is -2.54. The minimum absolute atomic E-state index is 0.0326. The van der Waals surface area contributed by atoms with Crippen LogP contribution in [0, 0.1) is 0 Å². The minimum atomic E-state index is -0.529. The lowest BCUT2D eigenvalue weighted by atomic mass is 9.90. The summed E-state index contributed by atoms with van der Waals surface area (Å²) in [6.45, 7) is 10.6. The summed E-state index contributed by atoms with van der Waals surface area (Å²) in [7, 11) is 0. The Morgan fingerprint density at radius 2 is 1.78 bits per heavy atom. The highest BCUT2D eigenvalue weighted by atomic mass is 16.6. The highest BCUT2D eigenvalue weighted by Gasteiger charge is 2.33. The van der Waals surface area contributed by atoms with Gasteiger partial charge in [0, 0.05) is 18.6 Å². The topological polar surface area (TPSA) is 75.8 Å². The van der Waals surface area contributed by atoms with Gasteiger partial charge in [-0.2, -0.15) is 0 Å². The number of ether oxygens (including phenoxy) is 1. The first-order valence-electron chi connectivity index (χ1n) is 6.63. The molecule has 0 aromatic carbocycles. The largest absolute Gasteiger partial charge is 0.444 e. The number of carbonyl (C=O) groups excluding carboxylic acids is 1. The molecule has 0 bridgehead atoms. The van der Waals surface area contributed by atoms with Gasteiger partial charge in [0.2, 0.25) is 0 Å². The predicted octanol–water partition coefficient (Wildman–Crippen LogP) is 1.73. The Kier molecular flexibility index (Phi) is 6.63. The Balaban J connectivity index is 0.00000137. The van der Waals surface area contributed by atoms with E-state index < -0.39 is 11.1 Å². The quantitative estimate of drug-likeness (QED) is 0.753. The second kappa shape index (κ2) is 6.95. The number of piperidine rings is 1. The number of aliphatic hydroxyl groups excluding tert-OH is 1. The molecule has 108 valence electrons. The molecule has 1 fully saturated rings. The van der Waals surface area contributed by atoms with Crippen molar-refractivity contribution in [3.63, 3.8) is 0 Å². The molecule has 0 atom stereocenters. The van der Waals surface area contributed by atoms with Gasteiger partial charge in [-0.3, -0.25) is 0 Å². The fourth-order valence-corrected chi connectivity index (χ4v) is 1.62. The molecule has 18 heavy (non-hydrogen) atoms. The van der Waals surface area contributed by atoms with Gasteiger partial charge >= 0.3 is 6.09 Å². The second-order valence-electron chi connectivity index (χ2n) is 5.49. The third-order valence-corrected chi connectivity index (χ3v) is 2.73. The lowest BCUT2D eigenvalue weighted by Gasteiger charge is -2.38. The van der Waals surface area contributed by atoms with Crippen molar-refractivity contribution in [1.82, 2.24) is 4.90 Å². The Labute approximate surface area is 110 Å². The van der Waals surface area contributed by atoms with E-state index in [1.807, 2.05) is 34.6 Å².